The van der Waals surface area contributed by atoms with Gasteiger partial charge >= 0.3 is 6.36 Å². The van der Waals surface area contributed by atoms with Crippen molar-refractivity contribution in [1.82, 2.24) is 0 Å². The summed E-state index contributed by atoms with van der Waals surface area (Å²) in [5.41, 5.74) is 1.02. The molecule has 0 saturated heterocycles. The third-order valence-corrected chi connectivity index (χ3v) is 2.64. The predicted octanol–water partition coefficient (Wildman–Crippen LogP) is 4.34. The molecule has 1 aromatic rings. The van der Waals surface area contributed by atoms with Gasteiger partial charge in [0.2, 0.25) is 0 Å². The van der Waals surface area contributed by atoms with Crippen molar-refractivity contribution in [2.45, 2.75) is 33.1 Å². The summed E-state index contributed by atoms with van der Waals surface area (Å²) in [7, 11) is 0. The molecule has 1 aromatic carbocycles. The fraction of sp³-hybridized carbons (Fsp3) is 0.500. The first kappa shape index (κ1) is 12.9. The number of ether oxygens (including phenoxy) is 1. The number of hydrogen-bond acceptors (Lipinski definition) is 1. The van der Waals surface area contributed by atoms with E-state index in [4.69, 9.17) is 0 Å². The molecule has 0 saturated carbocycles. The summed E-state index contributed by atoms with van der Waals surface area (Å²) in [6.07, 6.45) is -4.62. The van der Waals surface area contributed by atoms with Crippen LogP contribution in [0.1, 0.15) is 32.3 Å². The van der Waals surface area contributed by atoms with Crippen LogP contribution < -0.4 is 4.74 Å². The second-order valence-electron chi connectivity index (χ2n) is 4.15. The van der Waals surface area contributed by atoms with Crippen LogP contribution in [-0.4, -0.2) is 6.36 Å². The summed E-state index contributed by atoms with van der Waals surface area (Å²) < 4.78 is 39.5. The molecule has 4 heteroatoms. The van der Waals surface area contributed by atoms with E-state index in [2.05, 4.69) is 18.6 Å². The van der Waals surface area contributed by atoms with Crippen LogP contribution in [-0.2, 0) is 0 Å². The maximum atomic E-state index is 11.9. The van der Waals surface area contributed by atoms with Crippen molar-refractivity contribution in [3.8, 4) is 5.75 Å². The SMILES string of the molecule is CC(C)C(C)c1ccc(OC(F)(F)F)cc1. The maximum absolute atomic E-state index is 11.9. The molecule has 90 valence electrons. The van der Waals surface area contributed by atoms with Crippen molar-refractivity contribution >= 4 is 0 Å². The van der Waals surface area contributed by atoms with Gasteiger partial charge in [0.1, 0.15) is 5.75 Å². The van der Waals surface area contributed by atoms with Gasteiger partial charge < -0.3 is 4.74 Å². The summed E-state index contributed by atoms with van der Waals surface area (Å²) in [6.45, 7) is 6.19. The van der Waals surface area contributed by atoms with Gasteiger partial charge in [-0.1, -0.05) is 32.9 Å². The molecule has 0 amide bonds. The molecule has 0 aliphatic carbocycles. The zero-order valence-electron chi connectivity index (χ0n) is 9.51. The molecule has 0 aromatic heterocycles. The van der Waals surface area contributed by atoms with E-state index >= 15 is 0 Å². The van der Waals surface area contributed by atoms with Gasteiger partial charge in [0.25, 0.3) is 0 Å². The van der Waals surface area contributed by atoms with Crippen LogP contribution in [0.3, 0.4) is 0 Å². The normalized spacial score (nSPS) is 13.9. The van der Waals surface area contributed by atoms with Crippen molar-refractivity contribution in [2.75, 3.05) is 0 Å². The molecule has 0 fully saturated rings. The Labute approximate surface area is 93.2 Å². The van der Waals surface area contributed by atoms with E-state index in [1.54, 1.807) is 12.1 Å². The highest BCUT2D eigenvalue weighted by molar-refractivity contribution is 5.29. The van der Waals surface area contributed by atoms with Gasteiger partial charge in [0, 0.05) is 0 Å². The van der Waals surface area contributed by atoms with Gasteiger partial charge in [-0.15, -0.1) is 13.2 Å². The van der Waals surface area contributed by atoms with Crippen molar-refractivity contribution < 1.29 is 17.9 Å². The van der Waals surface area contributed by atoms with Crippen LogP contribution in [0.15, 0.2) is 24.3 Å². The van der Waals surface area contributed by atoms with Gasteiger partial charge in [-0.2, -0.15) is 0 Å². The first-order chi connectivity index (χ1) is 7.29. The Kier molecular flexibility index (Phi) is 3.83. The van der Waals surface area contributed by atoms with E-state index in [-0.39, 0.29) is 5.75 Å². The fourth-order valence-corrected chi connectivity index (χ4v) is 1.36. The average Bonchev–Trinajstić information content (AvgIpc) is 2.15. The molecule has 1 atom stereocenters. The van der Waals surface area contributed by atoms with E-state index < -0.39 is 6.36 Å². The van der Waals surface area contributed by atoms with Gasteiger partial charge in [-0.25, -0.2) is 0 Å². The number of benzene rings is 1. The van der Waals surface area contributed by atoms with Crippen LogP contribution in [0.25, 0.3) is 0 Å². The molecule has 0 aliphatic rings. The zero-order valence-corrected chi connectivity index (χ0v) is 9.51. The zero-order chi connectivity index (χ0) is 12.3. The third kappa shape index (κ3) is 3.76. The summed E-state index contributed by atoms with van der Waals surface area (Å²) in [5, 5.41) is 0. The van der Waals surface area contributed by atoms with E-state index in [9.17, 15) is 13.2 Å². The van der Waals surface area contributed by atoms with E-state index in [1.807, 2.05) is 6.92 Å². The standard InChI is InChI=1S/C12H15F3O/c1-8(2)9(3)10-4-6-11(7-5-10)16-12(13,14)15/h4-9H,1-3H3. The average molecular weight is 232 g/mol. The second kappa shape index (κ2) is 4.76. The second-order valence-corrected chi connectivity index (χ2v) is 4.15. The van der Waals surface area contributed by atoms with Gasteiger partial charge in [-0.05, 0) is 29.5 Å². The Bertz CT molecular complexity index is 327. The summed E-state index contributed by atoms with van der Waals surface area (Å²) in [6, 6.07) is 6.04. The van der Waals surface area contributed by atoms with Crippen LogP contribution in [0.5, 0.6) is 5.75 Å². The van der Waals surface area contributed by atoms with Crippen LogP contribution in [0, 0.1) is 5.92 Å². The first-order valence-corrected chi connectivity index (χ1v) is 5.15. The van der Waals surface area contributed by atoms with Crippen LogP contribution >= 0.6 is 0 Å². The lowest BCUT2D eigenvalue weighted by Gasteiger charge is -2.16. The molecule has 0 heterocycles. The molecule has 0 N–H and O–H groups in total. The third-order valence-electron chi connectivity index (χ3n) is 2.64. The Balaban J connectivity index is 2.76. The van der Waals surface area contributed by atoms with Gasteiger partial charge in [0.05, 0.1) is 0 Å². The highest BCUT2D eigenvalue weighted by Crippen LogP contribution is 2.27. The highest BCUT2D eigenvalue weighted by Gasteiger charge is 2.31. The summed E-state index contributed by atoms with van der Waals surface area (Å²) in [4.78, 5) is 0. The van der Waals surface area contributed by atoms with Crippen molar-refractivity contribution in [2.24, 2.45) is 5.92 Å². The lowest BCUT2D eigenvalue weighted by molar-refractivity contribution is -0.274. The Morgan fingerprint density at radius 1 is 1.00 bits per heavy atom. The fourth-order valence-electron chi connectivity index (χ4n) is 1.36. The quantitative estimate of drug-likeness (QED) is 0.753. The smallest absolute Gasteiger partial charge is 0.406 e. The number of alkyl halides is 3. The van der Waals surface area contributed by atoms with E-state index in [0.29, 0.717) is 11.8 Å². The topological polar surface area (TPSA) is 9.23 Å². The van der Waals surface area contributed by atoms with Gasteiger partial charge in [-0.3, -0.25) is 0 Å². The highest BCUT2D eigenvalue weighted by atomic mass is 19.4. The van der Waals surface area contributed by atoms with Crippen LogP contribution in [0.2, 0.25) is 0 Å². The summed E-state index contributed by atoms with van der Waals surface area (Å²) >= 11 is 0. The Morgan fingerprint density at radius 2 is 1.50 bits per heavy atom. The Morgan fingerprint density at radius 3 is 1.88 bits per heavy atom. The lowest BCUT2D eigenvalue weighted by atomic mass is 9.90. The molecular formula is C12H15F3O. The van der Waals surface area contributed by atoms with E-state index in [0.717, 1.165) is 5.56 Å². The minimum Gasteiger partial charge on any atom is -0.406 e. The molecule has 1 unspecified atom stereocenters. The molecule has 1 rings (SSSR count). The number of rotatable bonds is 3. The van der Waals surface area contributed by atoms with Gasteiger partial charge in [0.15, 0.2) is 0 Å². The summed E-state index contributed by atoms with van der Waals surface area (Å²) in [5.74, 6) is 0.599. The molecule has 1 nitrogen and oxygen atoms in total. The monoisotopic (exact) mass is 232 g/mol. The molecule has 0 aliphatic heterocycles. The largest absolute Gasteiger partial charge is 0.573 e. The van der Waals surface area contributed by atoms with Crippen LogP contribution in [0.4, 0.5) is 13.2 Å². The first-order valence-electron chi connectivity index (χ1n) is 5.15. The molecule has 0 spiro atoms. The van der Waals surface area contributed by atoms with Crippen molar-refractivity contribution in [3.63, 3.8) is 0 Å². The minimum absolute atomic E-state index is 0.174. The molecular weight excluding hydrogens is 217 g/mol. The number of halogens is 3. The Hall–Kier alpha value is -1.19. The number of hydrogen-bond donors (Lipinski definition) is 0. The predicted molar refractivity (Wildman–Crippen MR) is 56.4 cm³/mol. The van der Waals surface area contributed by atoms with E-state index in [1.165, 1.54) is 12.1 Å². The minimum atomic E-state index is -4.62. The maximum Gasteiger partial charge on any atom is 0.573 e. The van der Waals surface area contributed by atoms with Crippen molar-refractivity contribution in [1.29, 1.82) is 0 Å². The van der Waals surface area contributed by atoms with Crippen molar-refractivity contribution in [3.05, 3.63) is 29.8 Å². The molecule has 0 bridgehead atoms. The molecule has 16 heavy (non-hydrogen) atoms. The molecule has 0 radical (unpaired) electrons. The lowest BCUT2D eigenvalue weighted by Crippen LogP contribution is -2.17.